The molecule has 2 fully saturated rings. The normalized spacial score (nSPS) is 24.7. The van der Waals surface area contributed by atoms with E-state index >= 15 is 0 Å². The number of rotatable bonds is 6. The van der Waals surface area contributed by atoms with Crippen molar-refractivity contribution in [3.63, 3.8) is 0 Å². The largest absolute Gasteiger partial charge is 0.481 e. The molecule has 3 N–H and O–H groups in total. The van der Waals surface area contributed by atoms with E-state index in [1.54, 1.807) is 0 Å². The van der Waals surface area contributed by atoms with Gasteiger partial charge in [-0.1, -0.05) is 23.2 Å². The van der Waals surface area contributed by atoms with Crippen molar-refractivity contribution in [2.75, 3.05) is 10.0 Å². The van der Waals surface area contributed by atoms with Crippen LogP contribution in [-0.2, 0) is 19.6 Å². The molecule has 164 valence electrons. The summed E-state index contributed by atoms with van der Waals surface area (Å²) in [6, 6.07) is 10.0. The highest BCUT2D eigenvalue weighted by molar-refractivity contribution is 7.92. The molecule has 31 heavy (non-hydrogen) atoms. The van der Waals surface area contributed by atoms with Crippen LogP contribution in [0.25, 0.3) is 0 Å². The van der Waals surface area contributed by atoms with Crippen molar-refractivity contribution in [2.24, 2.45) is 23.7 Å². The van der Waals surface area contributed by atoms with Crippen molar-refractivity contribution in [3.8, 4) is 0 Å². The maximum atomic E-state index is 12.8. The molecule has 0 aliphatic heterocycles. The van der Waals surface area contributed by atoms with Gasteiger partial charge in [0, 0.05) is 15.7 Å². The van der Waals surface area contributed by atoms with Crippen LogP contribution < -0.4 is 10.0 Å². The Balaban J connectivity index is 1.46. The van der Waals surface area contributed by atoms with Crippen LogP contribution in [0.15, 0.2) is 47.4 Å². The lowest BCUT2D eigenvalue weighted by atomic mass is 9.78. The van der Waals surface area contributed by atoms with Gasteiger partial charge in [-0.2, -0.15) is 0 Å². The zero-order valence-corrected chi connectivity index (χ0v) is 18.5. The van der Waals surface area contributed by atoms with Crippen LogP contribution in [0.4, 0.5) is 11.4 Å². The molecule has 0 saturated heterocycles. The molecule has 2 aromatic rings. The molecular weight excluding hydrogens is 463 g/mol. The monoisotopic (exact) mass is 482 g/mol. The molecule has 2 bridgehead atoms. The lowest BCUT2D eigenvalue weighted by molar-refractivity contribution is -0.148. The predicted octanol–water partition coefficient (Wildman–Crippen LogP) is 4.48. The van der Waals surface area contributed by atoms with Gasteiger partial charge in [-0.3, -0.25) is 14.3 Å². The van der Waals surface area contributed by atoms with Crippen LogP contribution in [0.2, 0.25) is 10.0 Å². The van der Waals surface area contributed by atoms with Crippen LogP contribution in [0.5, 0.6) is 0 Å². The molecule has 2 aromatic carbocycles. The zero-order valence-electron chi connectivity index (χ0n) is 16.2. The van der Waals surface area contributed by atoms with E-state index in [1.165, 1.54) is 42.5 Å². The summed E-state index contributed by atoms with van der Waals surface area (Å²) in [6.45, 7) is 0. The third-order valence-electron chi connectivity index (χ3n) is 6.05. The number of benzene rings is 2. The van der Waals surface area contributed by atoms with Crippen LogP contribution in [0.1, 0.15) is 19.3 Å². The van der Waals surface area contributed by atoms with Gasteiger partial charge in [-0.25, -0.2) is 8.42 Å². The van der Waals surface area contributed by atoms with Crippen molar-refractivity contribution in [1.29, 1.82) is 0 Å². The first-order chi connectivity index (χ1) is 14.6. The maximum Gasteiger partial charge on any atom is 0.307 e. The summed E-state index contributed by atoms with van der Waals surface area (Å²) >= 11 is 11.8. The lowest BCUT2D eigenvalue weighted by Crippen LogP contribution is -2.37. The SMILES string of the molecule is O=C(O)[C@H]1[C@@H]2CC[C@@H](C2)[C@@H]1C(=O)Nc1ccc(S(=O)(=O)Nc2cc(Cl)cc(Cl)c2)cc1. The predicted molar refractivity (Wildman–Crippen MR) is 118 cm³/mol. The van der Waals surface area contributed by atoms with E-state index in [1.807, 2.05) is 0 Å². The van der Waals surface area contributed by atoms with Crippen molar-refractivity contribution >= 4 is 56.5 Å². The number of carboxylic acids is 1. The molecule has 10 heteroatoms. The highest BCUT2D eigenvalue weighted by Gasteiger charge is 2.53. The summed E-state index contributed by atoms with van der Waals surface area (Å²) in [5.74, 6) is -2.35. The third-order valence-corrected chi connectivity index (χ3v) is 7.88. The standard InChI is InChI=1S/C21H20Cl2N2O5S/c22-13-8-14(23)10-16(9-13)25-31(29,30)17-5-3-15(4-6-17)24-20(26)18-11-1-2-12(7-11)19(18)21(27)28/h3-6,8-12,18-19,25H,1-2,7H2,(H,24,26)(H,27,28)/t11-,12+,18-,19-/m0/s1. The molecule has 0 radical (unpaired) electrons. The Morgan fingerprint density at radius 3 is 2.06 bits per heavy atom. The highest BCUT2D eigenvalue weighted by Crippen LogP contribution is 2.52. The van der Waals surface area contributed by atoms with Gasteiger partial charge in [0.2, 0.25) is 5.91 Å². The Labute approximate surface area is 189 Å². The smallest absolute Gasteiger partial charge is 0.307 e. The van der Waals surface area contributed by atoms with Gasteiger partial charge in [0.05, 0.1) is 22.4 Å². The van der Waals surface area contributed by atoms with Gasteiger partial charge in [0.15, 0.2) is 0 Å². The number of amides is 1. The summed E-state index contributed by atoms with van der Waals surface area (Å²) in [5, 5.41) is 12.9. The van der Waals surface area contributed by atoms with Gasteiger partial charge in [-0.15, -0.1) is 0 Å². The Morgan fingerprint density at radius 1 is 0.903 bits per heavy atom. The van der Waals surface area contributed by atoms with Crippen molar-refractivity contribution < 1.29 is 23.1 Å². The van der Waals surface area contributed by atoms with Gasteiger partial charge < -0.3 is 10.4 Å². The number of anilines is 2. The molecule has 2 aliphatic carbocycles. The second kappa shape index (κ2) is 8.33. The van der Waals surface area contributed by atoms with Gasteiger partial charge in [-0.05, 0) is 73.6 Å². The summed E-state index contributed by atoms with van der Waals surface area (Å²) in [5.41, 5.74) is 0.632. The molecule has 1 amide bonds. The van der Waals surface area contributed by atoms with Gasteiger partial charge >= 0.3 is 5.97 Å². The molecule has 0 unspecified atom stereocenters. The second-order valence-corrected chi connectivity index (χ2v) is 10.6. The Hall–Kier alpha value is -2.29. The number of carbonyl (C=O) groups excluding carboxylic acids is 1. The molecule has 0 aromatic heterocycles. The summed E-state index contributed by atoms with van der Waals surface area (Å²) in [4.78, 5) is 24.4. The summed E-state index contributed by atoms with van der Waals surface area (Å²) < 4.78 is 27.7. The number of carbonyl (C=O) groups is 2. The quantitative estimate of drug-likeness (QED) is 0.561. The second-order valence-electron chi connectivity index (χ2n) is 8.00. The number of aliphatic carboxylic acids is 1. The molecular formula is C21H20Cl2N2O5S. The van der Waals surface area contributed by atoms with E-state index in [0.717, 1.165) is 19.3 Å². The number of sulfonamides is 1. The minimum atomic E-state index is -3.89. The molecule has 4 rings (SSSR count). The first kappa shape index (κ1) is 21.9. The Morgan fingerprint density at radius 2 is 1.48 bits per heavy atom. The van der Waals surface area contributed by atoms with Crippen LogP contribution in [-0.4, -0.2) is 25.4 Å². The molecule has 0 spiro atoms. The van der Waals surface area contributed by atoms with Crippen molar-refractivity contribution in [2.45, 2.75) is 24.2 Å². The number of hydrogen-bond acceptors (Lipinski definition) is 4. The fourth-order valence-electron chi connectivity index (χ4n) is 4.79. The Kier molecular flexibility index (Phi) is 5.89. The number of hydrogen-bond donors (Lipinski definition) is 3. The number of halogens is 2. The zero-order chi connectivity index (χ0) is 22.3. The summed E-state index contributed by atoms with van der Waals surface area (Å²) in [6.07, 6.45) is 2.48. The van der Waals surface area contributed by atoms with Crippen LogP contribution in [0, 0.1) is 23.7 Å². The van der Waals surface area contributed by atoms with Crippen LogP contribution >= 0.6 is 23.2 Å². The average molecular weight is 483 g/mol. The lowest BCUT2D eigenvalue weighted by Gasteiger charge is -2.27. The van der Waals surface area contributed by atoms with E-state index in [-0.39, 0.29) is 28.3 Å². The van der Waals surface area contributed by atoms with Gasteiger partial charge in [0.25, 0.3) is 10.0 Å². The van der Waals surface area contributed by atoms with E-state index < -0.39 is 27.8 Å². The average Bonchev–Trinajstić information content (AvgIpc) is 3.28. The molecule has 4 atom stereocenters. The first-order valence-electron chi connectivity index (χ1n) is 9.77. The minimum absolute atomic E-state index is 0.00932. The van der Waals surface area contributed by atoms with Crippen molar-refractivity contribution in [1.82, 2.24) is 0 Å². The third kappa shape index (κ3) is 4.51. The van der Waals surface area contributed by atoms with E-state index in [9.17, 15) is 23.1 Å². The van der Waals surface area contributed by atoms with E-state index in [2.05, 4.69) is 10.0 Å². The number of nitrogens with one attached hydrogen (secondary N) is 2. The topological polar surface area (TPSA) is 113 Å². The van der Waals surface area contributed by atoms with Crippen LogP contribution in [0.3, 0.4) is 0 Å². The fraction of sp³-hybridized carbons (Fsp3) is 0.333. The number of fused-ring (bicyclic) bond motifs is 2. The number of carboxylic acid groups (broad SMARTS) is 1. The van der Waals surface area contributed by atoms with E-state index in [0.29, 0.717) is 15.7 Å². The fourth-order valence-corrected chi connectivity index (χ4v) is 6.36. The highest BCUT2D eigenvalue weighted by atomic mass is 35.5. The molecule has 0 heterocycles. The first-order valence-corrected chi connectivity index (χ1v) is 12.0. The summed E-state index contributed by atoms with van der Waals surface area (Å²) in [7, 11) is -3.89. The van der Waals surface area contributed by atoms with Crippen molar-refractivity contribution in [3.05, 3.63) is 52.5 Å². The molecule has 2 saturated carbocycles. The van der Waals surface area contributed by atoms with E-state index in [4.69, 9.17) is 23.2 Å². The Bertz CT molecular complexity index is 1120. The maximum absolute atomic E-state index is 12.8. The molecule has 7 nitrogen and oxygen atoms in total. The molecule has 2 aliphatic rings. The minimum Gasteiger partial charge on any atom is -0.481 e. The van der Waals surface area contributed by atoms with Gasteiger partial charge in [0.1, 0.15) is 0 Å².